The fraction of sp³-hybridized carbons (Fsp3) is 0.571. The normalized spacial score (nSPS) is 22.4. The van der Waals surface area contributed by atoms with Gasteiger partial charge in [-0.15, -0.1) is 0 Å². The molecule has 0 amide bonds. The molecule has 2 rings (SSSR count). The Labute approximate surface area is 132 Å². The molecule has 118 valence electrons. The molecule has 0 aliphatic heterocycles. The molecule has 0 aromatic heterocycles. The van der Waals surface area contributed by atoms with Crippen LogP contribution in [0.3, 0.4) is 0 Å². The molecule has 1 aromatic carbocycles. The van der Waals surface area contributed by atoms with Gasteiger partial charge in [-0.05, 0) is 37.4 Å². The number of benzene rings is 1. The van der Waals surface area contributed by atoms with Gasteiger partial charge >= 0.3 is 6.61 Å². The van der Waals surface area contributed by atoms with Gasteiger partial charge in [-0.1, -0.05) is 36.0 Å². The highest BCUT2D eigenvalue weighted by Crippen LogP contribution is 2.38. The number of ether oxygens (including phenoxy) is 1. The molecule has 2 atom stereocenters. The Bertz CT molecular complexity index is 465. The first-order chi connectivity index (χ1) is 10.0. The number of anilines is 1. The van der Waals surface area contributed by atoms with Crippen LogP contribution < -0.4 is 15.8 Å². The molecule has 7 heteroatoms. The fourth-order valence-corrected chi connectivity index (χ4v) is 3.31. The predicted molar refractivity (Wildman–Crippen MR) is 81.5 cm³/mol. The molecule has 0 heterocycles. The molecular weight excluding hydrogens is 321 g/mol. The van der Waals surface area contributed by atoms with E-state index in [0.29, 0.717) is 18.2 Å². The van der Waals surface area contributed by atoms with Crippen LogP contribution in [0.5, 0.6) is 5.75 Å². The van der Waals surface area contributed by atoms with Crippen LogP contribution in [0.2, 0.25) is 10.0 Å². The van der Waals surface area contributed by atoms with Crippen LogP contribution in [-0.2, 0) is 0 Å². The summed E-state index contributed by atoms with van der Waals surface area (Å²) < 4.78 is 28.9. The number of alkyl halides is 2. The van der Waals surface area contributed by atoms with Gasteiger partial charge in [0.25, 0.3) is 0 Å². The maximum atomic E-state index is 12.3. The average molecular weight is 339 g/mol. The van der Waals surface area contributed by atoms with Crippen molar-refractivity contribution < 1.29 is 13.5 Å². The maximum Gasteiger partial charge on any atom is 0.387 e. The minimum atomic E-state index is -2.96. The molecule has 0 saturated heterocycles. The largest absolute Gasteiger partial charge is 0.432 e. The molecule has 1 saturated carbocycles. The molecule has 3 nitrogen and oxygen atoms in total. The third-order valence-corrected chi connectivity index (χ3v) is 4.33. The van der Waals surface area contributed by atoms with Gasteiger partial charge in [-0.3, -0.25) is 0 Å². The van der Waals surface area contributed by atoms with Gasteiger partial charge in [0.2, 0.25) is 0 Å². The van der Waals surface area contributed by atoms with E-state index in [1.165, 1.54) is 6.42 Å². The molecular formula is C14H18Cl2F2N2O. The number of nitrogens with one attached hydrogen (secondary N) is 1. The smallest absolute Gasteiger partial charge is 0.387 e. The molecule has 0 bridgehead atoms. The summed E-state index contributed by atoms with van der Waals surface area (Å²) in [6, 6.07) is 3.35. The van der Waals surface area contributed by atoms with Crippen LogP contribution in [0.25, 0.3) is 0 Å². The van der Waals surface area contributed by atoms with Crippen molar-refractivity contribution in [1.29, 1.82) is 0 Å². The van der Waals surface area contributed by atoms with E-state index >= 15 is 0 Å². The van der Waals surface area contributed by atoms with Gasteiger partial charge in [0.15, 0.2) is 5.75 Å². The zero-order chi connectivity index (χ0) is 15.4. The average Bonchev–Trinajstić information content (AvgIpc) is 2.43. The summed E-state index contributed by atoms with van der Waals surface area (Å²) in [7, 11) is 0. The molecule has 1 fully saturated rings. The number of halogens is 4. The Hall–Kier alpha value is -0.780. The minimum Gasteiger partial charge on any atom is -0.432 e. The summed E-state index contributed by atoms with van der Waals surface area (Å²) in [5.41, 5.74) is 6.48. The summed E-state index contributed by atoms with van der Waals surface area (Å²) in [4.78, 5) is 0. The van der Waals surface area contributed by atoms with E-state index in [4.69, 9.17) is 28.9 Å². The lowest BCUT2D eigenvalue weighted by Gasteiger charge is -2.32. The Morgan fingerprint density at radius 1 is 1.24 bits per heavy atom. The lowest BCUT2D eigenvalue weighted by molar-refractivity contribution is -0.0497. The zero-order valence-electron chi connectivity index (χ0n) is 11.4. The van der Waals surface area contributed by atoms with E-state index in [0.717, 1.165) is 19.3 Å². The molecule has 1 aliphatic rings. The molecule has 1 aromatic rings. The standard InChI is InChI=1S/C14H18Cl2F2N2O/c15-10-5-9(6-11(16)13(10)21-14(17)18)20-12-4-2-1-3-8(12)7-19/h5-6,8,12,14,20H,1-4,7,19H2. The van der Waals surface area contributed by atoms with Crippen LogP contribution in [0.15, 0.2) is 12.1 Å². The predicted octanol–water partition coefficient (Wildman–Crippen LogP) is 4.52. The number of rotatable bonds is 5. The summed E-state index contributed by atoms with van der Waals surface area (Å²) in [5.74, 6) is 0.200. The molecule has 3 N–H and O–H groups in total. The molecule has 0 spiro atoms. The van der Waals surface area contributed by atoms with Crippen LogP contribution in [0.1, 0.15) is 25.7 Å². The van der Waals surface area contributed by atoms with Gasteiger partial charge < -0.3 is 15.8 Å². The molecule has 0 radical (unpaired) electrons. The Balaban J connectivity index is 2.13. The number of hydrogen-bond acceptors (Lipinski definition) is 3. The SMILES string of the molecule is NCC1CCCCC1Nc1cc(Cl)c(OC(F)F)c(Cl)c1. The summed E-state index contributed by atoms with van der Waals surface area (Å²) in [6.45, 7) is -2.34. The molecule has 21 heavy (non-hydrogen) atoms. The Morgan fingerprint density at radius 2 is 1.86 bits per heavy atom. The zero-order valence-corrected chi connectivity index (χ0v) is 12.9. The van der Waals surface area contributed by atoms with Crippen molar-refractivity contribution in [2.24, 2.45) is 11.7 Å². The first-order valence-electron chi connectivity index (χ1n) is 6.91. The summed E-state index contributed by atoms with van der Waals surface area (Å²) in [5, 5.41) is 3.47. The topological polar surface area (TPSA) is 47.3 Å². The van der Waals surface area contributed by atoms with E-state index in [-0.39, 0.29) is 21.8 Å². The van der Waals surface area contributed by atoms with E-state index < -0.39 is 6.61 Å². The highest BCUT2D eigenvalue weighted by molar-refractivity contribution is 6.37. The Kier molecular flexibility index (Phi) is 5.90. The maximum absolute atomic E-state index is 12.3. The van der Waals surface area contributed by atoms with Crippen molar-refractivity contribution >= 4 is 28.9 Å². The van der Waals surface area contributed by atoms with E-state index in [9.17, 15) is 8.78 Å². The fourth-order valence-electron chi connectivity index (χ4n) is 2.74. The van der Waals surface area contributed by atoms with E-state index in [2.05, 4.69) is 10.1 Å². The van der Waals surface area contributed by atoms with Crippen molar-refractivity contribution in [2.75, 3.05) is 11.9 Å². The molecule has 1 aliphatic carbocycles. The van der Waals surface area contributed by atoms with Crippen molar-refractivity contribution in [3.63, 3.8) is 0 Å². The van der Waals surface area contributed by atoms with Gasteiger partial charge in [-0.2, -0.15) is 8.78 Å². The quantitative estimate of drug-likeness (QED) is 0.829. The van der Waals surface area contributed by atoms with Crippen LogP contribution in [0, 0.1) is 5.92 Å². The van der Waals surface area contributed by atoms with E-state index in [1.54, 1.807) is 12.1 Å². The van der Waals surface area contributed by atoms with Crippen LogP contribution in [0.4, 0.5) is 14.5 Å². The van der Waals surface area contributed by atoms with Crippen LogP contribution >= 0.6 is 23.2 Å². The highest BCUT2D eigenvalue weighted by atomic mass is 35.5. The first-order valence-corrected chi connectivity index (χ1v) is 7.67. The second-order valence-corrected chi connectivity index (χ2v) is 5.99. The van der Waals surface area contributed by atoms with Crippen molar-refractivity contribution in [2.45, 2.75) is 38.3 Å². The van der Waals surface area contributed by atoms with Crippen LogP contribution in [-0.4, -0.2) is 19.2 Å². The second kappa shape index (κ2) is 7.47. The lowest BCUT2D eigenvalue weighted by atomic mass is 9.84. The third kappa shape index (κ3) is 4.34. The third-order valence-electron chi connectivity index (χ3n) is 3.77. The Morgan fingerprint density at radius 3 is 2.43 bits per heavy atom. The highest BCUT2D eigenvalue weighted by Gasteiger charge is 2.24. The minimum absolute atomic E-state index is 0.0606. The van der Waals surface area contributed by atoms with Crippen molar-refractivity contribution in [3.8, 4) is 5.75 Å². The monoisotopic (exact) mass is 338 g/mol. The van der Waals surface area contributed by atoms with Crippen molar-refractivity contribution in [1.82, 2.24) is 0 Å². The lowest BCUT2D eigenvalue weighted by Crippen LogP contribution is -2.36. The van der Waals surface area contributed by atoms with Gasteiger partial charge in [0.1, 0.15) is 0 Å². The van der Waals surface area contributed by atoms with Crippen molar-refractivity contribution in [3.05, 3.63) is 22.2 Å². The second-order valence-electron chi connectivity index (χ2n) is 5.18. The van der Waals surface area contributed by atoms with Gasteiger partial charge in [-0.25, -0.2) is 0 Å². The molecule has 2 unspecified atom stereocenters. The number of hydrogen-bond donors (Lipinski definition) is 2. The first kappa shape index (κ1) is 16.6. The summed E-state index contributed by atoms with van der Waals surface area (Å²) in [6.07, 6.45) is 4.43. The number of nitrogens with two attached hydrogens (primary N) is 1. The van der Waals surface area contributed by atoms with Gasteiger partial charge in [0, 0.05) is 11.7 Å². The van der Waals surface area contributed by atoms with Gasteiger partial charge in [0.05, 0.1) is 10.0 Å². The van der Waals surface area contributed by atoms with E-state index in [1.807, 2.05) is 0 Å². The summed E-state index contributed by atoms with van der Waals surface area (Å²) >= 11 is 11.9.